The highest BCUT2D eigenvalue weighted by atomic mass is 16.5. The van der Waals surface area contributed by atoms with Crippen LogP contribution in [0.5, 0.6) is 0 Å². The fraction of sp³-hybridized carbons (Fsp3) is 0.556. The van der Waals surface area contributed by atoms with Crippen LogP contribution in [0.2, 0.25) is 0 Å². The quantitative estimate of drug-likeness (QED) is 0.698. The Labute approximate surface area is 117 Å². The van der Waals surface area contributed by atoms with Gasteiger partial charge in [-0.15, -0.1) is 6.58 Å². The van der Waals surface area contributed by atoms with E-state index < -0.39 is 0 Å². The van der Waals surface area contributed by atoms with Gasteiger partial charge in [-0.25, -0.2) is 0 Å². The molecule has 1 saturated heterocycles. The molecule has 1 aromatic carbocycles. The zero-order chi connectivity index (χ0) is 14.1. The molecule has 1 fully saturated rings. The van der Waals surface area contributed by atoms with E-state index in [0.29, 0.717) is 5.92 Å². The molecular formula is C18H26O. The van der Waals surface area contributed by atoms with E-state index in [9.17, 15) is 0 Å². The first-order chi connectivity index (χ1) is 8.86. The average molecular weight is 258 g/mol. The summed E-state index contributed by atoms with van der Waals surface area (Å²) in [6, 6.07) is 10.8. The summed E-state index contributed by atoms with van der Waals surface area (Å²) in [6.45, 7) is 12.9. The first kappa shape index (κ1) is 14.3. The minimum absolute atomic E-state index is 0.0692. The number of ether oxygens (including phenoxy) is 1. The van der Waals surface area contributed by atoms with E-state index >= 15 is 0 Å². The van der Waals surface area contributed by atoms with E-state index in [4.69, 9.17) is 4.74 Å². The first-order valence-electron chi connectivity index (χ1n) is 7.19. The van der Waals surface area contributed by atoms with Gasteiger partial charge in [-0.3, -0.25) is 0 Å². The molecule has 0 spiro atoms. The van der Waals surface area contributed by atoms with Crippen molar-refractivity contribution in [2.24, 2.45) is 5.41 Å². The Hall–Kier alpha value is -1.08. The van der Waals surface area contributed by atoms with Crippen LogP contribution in [0.1, 0.15) is 52.0 Å². The lowest BCUT2D eigenvalue weighted by Gasteiger charge is -2.33. The van der Waals surface area contributed by atoms with Crippen LogP contribution < -0.4 is 0 Å². The lowest BCUT2D eigenvalue weighted by atomic mass is 9.77. The Bertz CT molecular complexity index is 429. The number of benzene rings is 1. The van der Waals surface area contributed by atoms with Crippen molar-refractivity contribution in [1.29, 1.82) is 0 Å². The van der Waals surface area contributed by atoms with Crippen LogP contribution in [0.15, 0.2) is 43.0 Å². The van der Waals surface area contributed by atoms with E-state index in [1.165, 1.54) is 5.56 Å². The summed E-state index contributed by atoms with van der Waals surface area (Å²) >= 11 is 0. The predicted molar refractivity (Wildman–Crippen MR) is 81.3 cm³/mol. The van der Waals surface area contributed by atoms with E-state index in [-0.39, 0.29) is 17.1 Å². The Kier molecular flexibility index (Phi) is 3.87. The van der Waals surface area contributed by atoms with E-state index in [2.05, 4.69) is 64.6 Å². The standard InChI is InChI=1S/C18H26O/c1-6-12-18(5)13-15(14-10-8-7-9-11-14)16(19-18)17(2,3)4/h6-11,15-16H,1,12-13H2,2-5H3/t15-,16?,18+/m1/s1. The van der Waals surface area contributed by atoms with E-state index in [1.807, 2.05) is 6.08 Å². The summed E-state index contributed by atoms with van der Waals surface area (Å²) < 4.78 is 6.45. The van der Waals surface area contributed by atoms with Gasteiger partial charge in [0.1, 0.15) is 0 Å². The molecule has 0 bridgehead atoms. The highest BCUT2D eigenvalue weighted by Gasteiger charge is 2.47. The second kappa shape index (κ2) is 5.13. The zero-order valence-electron chi connectivity index (χ0n) is 12.6. The van der Waals surface area contributed by atoms with Crippen molar-refractivity contribution < 1.29 is 4.74 Å². The molecule has 19 heavy (non-hydrogen) atoms. The molecule has 0 radical (unpaired) electrons. The molecule has 1 aliphatic rings. The summed E-state index contributed by atoms with van der Waals surface area (Å²) in [5.41, 5.74) is 1.48. The molecule has 2 rings (SSSR count). The molecule has 1 nitrogen and oxygen atoms in total. The summed E-state index contributed by atoms with van der Waals surface area (Å²) in [6.07, 6.45) is 4.24. The van der Waals surface area contributed by atoms with Gasteiger partial charge in [0.15, 0.2) is 0 Å². The first-order valence-corrected chi connectivity index (χ1v) is 7.19. The molecule has 0 aromatic heterocycles. The van der Waals surface area contributed by atoms with Gasteiger partial charge >= 0.3 is 0 Å². The van der Waals surface area contributed by atoms with E-state index in [0.717, 1.165) is 12.8 Å². The monoisotopic (exact) mass is 258 g/mol. The fourth-order valence-electron chi connectivity index (χ4n) is 3.22. The van der Waals surface area contributed by atoms with Gasteiger partial charge in [-0.1, -0.05) is 57.2 Å². The van der Waals surface area contributed by atoms with Gasteiger partial charge in [0.05, 0.1) is 11.7 Å². The van der Waals surface area contributed by atoms with Crippen molar-refractivity contribution in [2.75, 3.05) is 0 Å². The molecule has 104 valence electrons. The Balaban J connectivity index is 2.32. The molecule has 1 aliphatic heterocycles. The smallest absolute Gasteiger partial charge is 0.0700 e. The molecule has 3 atom stereocenters. The van der Waals surface area contributed by atoms with Gasteiger partial charge < -0.3 is 4.74 Å². The highest BCUT2D eigenvalue weighted by Crippen LogP contribution is 2.48. The number of rotatable bonds is 3. The summed E-state index contributed by atoms with van der Waals surface area (Å²) in [4.78, 5) is 0. The summed E-state index contributed by atoms with van der Waals surface area (Å²) in [5.74, 6) is 0.478. The third-order valence-electron chi connectivity index (χ3n) is 4.09. The largest absolute Gasteiger partial charge is 0.371 e. The van der Waals surface area contributed by atoms with Gasteiger partial charge in [0, 0.05) is 5.92 Å². The van der Waals surface area contributed by atoms with Gasteiger partial charge in [0.25, 0.3) is 0 Å². The normalized spacial score (nSPS) is 31.4. The maximum atomic E-state index is 6.45. The van der Waals surface area contributed by atoms with Crippen molar-refractivity contribution in [2.45, 2.75) is 58.2 Å². The Morgan fingerprint density at radius 1 is 1.32 bits per heavy atom. The zero-order valence-corrected chi connectivity index (χ0v) is 12.6. The molecule has 0 N–H and O–H groups in total. The van der Waals surface area contributed by atoms with Gasteiger partial charge in [0.2, 0.25) is 0 Å². The van der Waals surface area contributed by atoms with Gasteiger partial charge in [-0.2, -0.15) is 0 Å². The Morgan fingerprint density at radius 3 is 2.47 bits per heavy atom. The minimum Gasteiger partial charge on any atom is -0.371 e. The third-order valence-corrected chi connectivity index (χ3v) is 4.09. The van der Waals surface area contributed by atoms with E-state index in [1.54, 1.807) is 0 Å². The highest BCUT2D eigenvalue weighted by molar-refractivity contribution is 5.24. The molecule has 1 heteroatoms. The van der Waals surface area contributed by atoms with Gasteiger partial charge in [-0.05, 0) is 30.7 Å². The molecule has 0 amide bonds. The number of hydrogen-bond acceptors (Lipinski definition) is 1. The van der Waals surface area contributed by atoms with Crippen molar-refractivity contribution in [3.05, 3.63) is 48.6 Å². The SMILES string of the molecule is C=CC[C@@]1(C)C[C@H](c2ccccc2)C(C(C)(C)C)O1. The lowest BCUT2D eigenvalue weighted by Crippen LogP contribution is -2.33. The lowest BCUT2D eigenvalue weighted by molar-refractivity contribution is -0.0716. The van der Waals surface area contributed by atoms with Crippen molar-refractivity contribution in [1.82, 2.24) is 0 Å². The number of hydrogen-bond donors (Lipinski definition) is 0. The van der Waals surface area contributed by atoms with Crippen LogP contribution >= 0.6 is 0 Å². The minimum atomic E-state index is -0.0692. The molecular weight excluding hydrogens is 232 g/mol. The van der Waals surface area contributed by atoms with Crippen LogP contribution in [0.25, 0.3) is 0 Å². The maximum absolute atomic E-state index is 6.45. The average Bonchev–Trinajstić information content (AvgIpc) is 2.69. The molecule has 1 heterocycles. The molecule has 0 aliphatic carbocycles. The third kappa shape index (κ3) is 3.09. The molecule has 1 unspecified atom stereocenters. The van der Waals surface area contributed by atoms with Crippen LogP contribution in [0, 0.1) is 5.41 Å². The van der Waals surface area contributed by atoms with Crippen LogP contribution in [0.3, 0.4) is 0 Å². The maximum Gasteiger partial charge on any atom is 0.0700 e. The van der Waals surface area contributed by atoms with Crippen molar-refractivity contribution >= 4 is 0 Å². The van der Waals surface area contributed by atoms with Crippen molar-refractivity contribution in [3.63, 3.8) is 0 Å². The second-order valence-corrected chi connectivity index (χ2v) is 7.07. The topological polar surface area (TPSA) is 9.23 Å². The summed E-state index contributed by atoms with van der Waals surface area (Å²) in [7, 11) is 0. The predicted octanol–water partition coefficient (Wildman–Crippen LogP) is 4.94. The molecule has 0 saturated carbocycles. The van der Waals surface area contributed by atoms with Crippen LogP contribution in [-0.4, -0.2) is 11.7 Å². The van der Waals surface area contributed by atoms with Crippen LogP contribution in [-0.2, 0) is 4.74 Å². The van der Waals surface area contributed by atoms with Crippen molar-refractivity contribution in [3.8, 4) is 0 Å². The molecule has 1 aromatic rings. The Morgan fingerprint density at radius 2 is 1.95 bits per heavy atom. The fourth-order valence-corrected chi connectivity index (χ4v) is 3.22. The second-order valence-electron chi connectivity index (χ2n) is 7.07. The summed E-state index contributed by atoms with van der Waals surface area (Å²) in [5, 5.41) is 0. The van der Waals surface area contributed by atoms with Crippen LogP contribution in [0.4, 0.5) is 0 Å².